The molecule has 0 radical (unpaired) electrons. The molecule has 1 N–H and O–H groups in total. The fourth-order valence-electron chi connectivity index (χ4n) is 2.86. The predicted molar refractivity (Wildman–Crippen MR) is 97.7 cm³/mol. The maximum absolute atomic E-state index is 12.9. The fraction of sp³-hybridized carbons (Fsp3) is 0.529. The molecular formula is C17H26N4O4S. The second-order valence-electron chi connectivity index (χ2n) is 6.09. The van der Waals surface area contributed by atoms with Gasteiger partial charge in [0.15, 0.2) is 0 Å². The van der Waals surface area contributed by atoms with E-state index in [-0.39, 0.29) is 11.4 Å². The zero-order valence-electron chi connectivity index (χ0n) is 15.9. The lowest BCUT2D eigenvalue weighted by Gasteiger charge is -2.16. The van der Waals surface area contributed by atoms with E-state index in [4.69, 9.17) is 9.47 Å². The highest BCUT2D eigenvalue weighted by atomic mass is 32.2. The molecule has 0 atom stereocenters. The molecule has 1 heterocycles. The van der Waals surface area contributed by atoms with Gasteiger partial charge in [0, 0.05) is 20.3 Å². The van der Waals surface area contributed by atoms with E-state index in [1.807, 2.05) is 11.5 Å². The van der Waals surface area contributed by atoms with E-state index in [0.29, 0.717) is 35.9 Å². The van der Waals surface area contributed by atoms with Gasteiger partial charge >= 0.3 is 0 Å². The van der Waals surface area contributed by atoms with Gasteiger partial charge in [-0.2, -0.15) is 0 Å². The molecule has 0 aliphatic carbocycles. The Kier molecular flexibility index (Phi) is 6.74. The van der Waals surface area contributed by atoms with Crippen LogP contribution in [-0.2, 0) is 27.8 Å². The van der Waals surface area contributed by atoms with Gasteiger partial charge in [-0.25, -0.2) is 13.1 Å². The quantitative estimate of drug-likeness (QED) is 0.664. The average molecular weight is 382 g/mol. The van der Waals surface area contributed by atoms with Crippen LogP contribution in [-0.4, -0.2) is 44.0 Å². The molecule has 8 nitrogen and oxygen atoms in total. The van der Waals surface area contributed by atoms with E-state index in [2.05, 4.69) is 14.9 Å². The van der Waals surface area contributed by atoms with Crippen LogP contribution < -0.4 is 9.46 Å². The Bertz CT molecular complexity index is 862. The van der Waals surface area contributed by atoms with Gasteiger partial charge in [0.1, 0.15) is 17.9 Å². The number of rotatable bonds is 9. The fourth-order valence-corrected chi connectivity index (χ4v) is 4.36. The lowest BCUT2D eigenvalue weighted by Crippen LogP contribution is -2.27. The molecule has 0 bridgehead atoms. The Morgan fingerprint density at radius 3 is 2.58 bits per heavy atom. The first-order valence-corrected chi connectivity index (χ1v) is 9.80. The molecule has 2 rings (SSSR count). The maximum Gasteiger partial charge on any atom is 0.241 e. The van der Waals surface area contributed by atoms with Crippen molar-refractivity contribution in [2.24, 2.45) is 0 Å². The number of hydrogen-bond donors (Lipinski definition) is 1. The standard InChI is InChI=1S/C17H26N4O4S/c1-12-9-15(25-5)13(2)14(3)17(12)26(22,23)19-10-16-20-18-11-21(16)7-6-8-24-4/h9,11,19H,6-8,10H2,1-5H3. The summed E-state index contributed by atoms with van der Waals surface area (Å²) in [5, 5.41) is 7.87. The smallest absolute Gasteiger partial charge is 0.241 e. The van der Waals surface area contributed by atoms with Gasteiger partial charge in [-0.3, -0.25) is 0 Å². The normalized spacial score (nSPS) is 11.7. The molecule has 0 saturated heterocycles. The number of nitrogens with one attached hydrogen (secondary N) is 1. The van der Waals surface area contributed by atoms with E-state index in [1.165, 1.54) is 0 Å². The van der Waals surface area contributed by atoms with E-state index in [1.54, 1.807) is 40.5 Å². The van der Waals surface area contributed by atoms with Gasteiger partial charge < -0.3 is 14.0 Å². The summed E-state index contributed by atoms with van der Waals surface area (Å²) in [4.78, 5) is 0.279. The molecule has 0 saturated carbocycles. The van der Waals surface area contributed by atoms with Crippen LogP contribution in [0.15, 0.2) is 17.3 Å². The summed E-state index contributed by atoms with van der Waals surface area (Å²) in [5.41, 5.74) is 2.12. The lowest BCUT2D eigenvalue weighted by atomic mass is 10.1. The van der Waals surface area contributed by atoms with Gasteiger partial charge in [0.25, 0.3) is 0 Å². The second kappa shape index (κ2) is 8.61. The highest BCUT2D eigenvalue weighted by Gasteiger charge is 2.23. The first-order valence-electron chi connectivity index (χ1n) is 8.32. The largest absolute Gasteiger partial charge is 0.496 e. The summed E-state index contributed by atoms with van der Waals surface area (Å²) >= 11 is 0. The summed E-state index contributed by atoms with van der Waals surface area (Å²) in [6, 6.07) is 1.74. The van der Waals surface area contributed by atoms with Crippen LogP contribution in [0.25, 0.3) is 0 Å². The predicted octanol–water partition coefficient (Wildman–Crippen LogP) is 1.73. The minimum absolute atomic E-state index is 0.0687. The van der Waals surface area contributed by atoms with Crippen molar-refractivity contribution >= 4 is 10.0 Å². The molecule has 0 aliphatic heterocycles. The highest BCUT2D eigenvalue weighted by molar-refractivity contribution is 7.89. The van der Waals surface area contributed by atoms with Crippen molar-refractivity contribution in [2.75, 3.05) is 20.8 Å². The number of ether oxygens (including phenoxy) is 2. The zero-order chi connectivity index (χ0) is 19.3. The minimum Gasteiger partial charge on any atom is -0.496 e. The Labute approximate surface area is 154 Å². The van der Waals surface area contributed by atoms with Crippen LogP contribution in [0.4, 0.5) is 0 Å². The van der Waals surface area contributed by atoms with Gasteiger partial charge in [-0.05, 0) is 49.9 Å². The van der Waals surface area contributed by atoms with Crippen LogP contribution in [0, 0.1) is 20.8 Å². The van der Waals surface area contributed by atoms with E-state index >= 15 is 0 Å². The molecule has 9 heteroatoms. The van der Waals surface area contributed by atoms with Crippen molar-refractivity contribution in [3.8, 4) is 5.75 Å². The van der Waals surface area contributed by atoms with Crippen molar-refractivity contribution in [1.29, 1.82) is 0 Å². The number of benzene rings is 1. The van der Waals surface area contributed by atoms with Gasteiger partial charge in [0.2, 0.25) is 10.0 Å². The molecule has 0 aliphatic rings. The lowest BCUT2D eigenvalue weighted by molar-refractivity contribution is 0.190. The van der Waals surface area contributed by atoms with Crippen molar-refractivity contribution < 1.29 is 17.9 Å². The van der Waals surface area contributed by atoms with Crippen LogP contribution in [0.5, 0.6) is 5.75 Å². The molecule has 26 heavy (non-hydrogen) atoms. The molecule has 0 spiro atoms. The minimum atomic E-state index is -3.70. The summed E-state index contributed by atoms with van der Waals surface area (Å²) < 4.78 is 40.5. The molecule has 0 unspecified atom stereocenters. The van der Waals surface area contributed by atoms with Gasteiger partial charge in [0.05, 0.1) is 18.6 Å². The van der Waals surface area contributed by atoms with Crippen molar-refractivity contribution in [2.45, 2.75) is 45.2 Å². The second-order valence-corrected chi connectivity index (χ2v) is 7.79. The summed E-state index contributed by atoms with van der Waals surface area (Å²) in [6.45, 7) is 6.74. The van der Waals surface area contributed by atoms with Crippen LogP contribution >= 0.6 is 0 Å². The number of nitrogens with zero attached hydrogens (tertiary/aromatic N) is 3. The Hall–Kier alpha value is -1.97. The number of hydrogen-bond acceptors (Lipinski definition) is 6. The number of sulfonamides is 1. The Balaban J connectivity index is 2.21. The summed E-state index contributed by atoms with van der Waals surface area (Å²) in [5.74, 6) is 1.24. The van der Waals surface area contributed by atoms with E-state index in [0.717, 1.165) is 12.0 Å². The zero-order valence-corrected chi connectivity index (χ0v) is 16.7. The third-order valence-electron chi connectivity index (χ3n) is 4.33. The van der Waals surface area contributed by atoms with Gasteiger partial charge in [-0.15, -0.1) is 10.2 Å². The number of methoxy groups -OCH3 is 2. The first kappa shape index (κ1) is 20.3. The molecule has 0 amide bonds. The summed E-state index contributed by atoms with van der Waals surface area (Å²) in [6.07, 6.45) is 2.39. The Morgan fingerprint density at radius 2 is 1.92 bits per heavy atom. The molecule has 1 aromatic heterocycles. The molecular weight excluding hydrogens is 356 g/mol. The number of aromatic nitrogens is 3. The molecule has 144 valence electrons. The average Bonchev–Trinajstić information content (AvgIpc) is 3.04. The third kappa shape index (κ3) is 4.40. The number of aryl methyl sites for hydroxylation is 2. The van der Waals surface area contributed by atoms with Crippen molar-refractivity contribution in [1.82, 2.24) is 19.5 Å². The Morgan fingerprint density at radius 1 is 1.19 bits per heavy atom. The van der Waals surface area contributed by atoms with Gasteiger partial charge in [-0.1, -0.05) is 0 Å². The third-order valence-corrected chi connectivity index (χ3v) is 6.02. The monoisotopic (exact) mass is 382 g/mol. The maximum atomic E-state index is 12.9. The van der Waals surface area contributed by atoms with Crippen LogP contribution in [0.2, 0.25) is 0 Å². The van der Waals surface area contributed by atoms with Crippen molar-refractivity contribution in [3.05, 3.63) is 34.9 Å². The first-order chi connectivity index (χ1) is 12.3. The van der Waals surface area contributed by atoms with Crippen molar-refractivity contribution in [3.63, 3.8) is 0 Å². The highest BCUT2D eigenvalue weighted by Crippen LogP contribution is 2.30. The molecule has 2 aromatic rings. The SMILES string of the molecule is COCCCn1cnnc1CNS(=O)(=O)c1c(C)cc(OC)c(C)c1C. The van der Waals surface area contributed by atoms with Crippen LogP contribution in [0.3, 0.4) is 0 Å². The molecule has 0 fully saturated rings. The molecule has 1 aromatic carbocycles. The van der Waals surface area contributed by atoms with E-state index in [9.17, 15) is 8.42 Å². The summed E-state index contributed by atoms with van der Waals surface area (Å²) in [7, 11) is -0.483. The van der Waals surface area contributed by atoms with Crippen LogP contribution in [0.1, 0.15) is 28.9 Å². The van der Waals surface area contributed by atoms with E-state index < -0.39 is 10.0 Å². The topological polar surface area (TPSA) is 95.3 Å².